The Morgan fingerprint density at radius 1 is 1.08 bits per heavy atom. The van der Waals surface area contributed by atoms with E-state index in [1.54, 1.807) is 6.07 Å². The van der Waals surface area contributed by atoms with Gasteiger partial charge in [0.25, 0.3) is 11.8 Å². The van der Waals surface area contributed by atoms with Crippen LogP contribution in [0.3, 0.4) is 0 Å². The molecule has 1 aliphatic rings. The van der Waals surface area contributed by atoms with Crippen LogP contribution in [0.4, 0.5) is 5.69 Å². The summed E-state index contributed by atoms with van der Waals surface area (Å²) in [6.45, 7) is 3.52. The van der Waals surface area contributed by atoms with Crippen LogP contribution in [0.2, 0.25) is 0 Å². The van der Waals surface area contributed by atoms with Gasteiger partial charge in [0.2, 0.25) is 0 Å². The van der Waals surface area contributed by atoms with E-state index in [1.807, 2.05) is 48.2 Å². The molecule has 2 amide bonds. The molecule has 124 valence electrons. The molecule has 0 spiro atoms. The second-order valence-electron chi connectivity index (χ2n) is 5.94. The molecule has 0 saturated carbocycles. The van der Waals surface area contributed by atoms with Crippen molar-refractivity contribution in [2.45, 2.75) is 19.8 Å². The number of halogens is 1. The molecule has 0 aliphatic carbocycles. The third kappa shape index (κ3) is 3.61. The van der Waals surface area contributed by atoms with Gasteiger partial charge < -0.3 is 10.2 Å². The van der Waals surface area contributed by atoms with Gasteiger partial charge in [-0.15, -0.1) is 0 Å². The van der Waals surface area contributed by atoms with Gasteiger partial charge in [-0.25, -0.2) is 0 Å². The normalized spacial score (nSPS) is 13.8. The van der Waals surface area contributed by atoms with E-state index in [4.69, 9.17) is 0 Å². The number of rotatable bonds is 3. The summed E-state index contributed by atoms with van der Waals surface area (Å²) in [5.74, 6) is -0.113. The summed E-state index contributed by atoms with van der Waals surface area (Å²) < 4.78 is 1.01. The van der Waals surface area contributed by atoms with Crippen molar-refractivity contribution in [1.29, 1.82) is 0 Å². The third-order valence-electron chi connectivity index (χ3n) is 4.29. The SMILES string of the molecule is Cc1c(NC(=O)c2cccc(I)c2)cccc1C(=O)N1CCCC1. The summed E-state index contributed by atoms with van der Waals surface area (Å²) in [4.78, 5) is 27.0. The zero-order valence-corrected chi connectivity index (χ0v) is 15.7. The van der Waals surface area contributed by atoms with E-state index in [2.05, 4.69) is 27.9 Å². The van der Waals surface area contributed by atoms with E-state index in [9.17, 15) is 9.59 Å². The molecule has 1 fully saturated rings. The first-order valence-corrected chi connectivity index (χ1v) is 9.10. The molecular formula is C19H19IN2O2. The van der Waals surface area contributed by atoms with Crippen molar-refractivity contribution >= 4 is 40.1 Å². The van der Waals surface area contributed by atoms with Crippen molar-refractivity contribution in [3.8, 4) is 0 Å². The zero-order chi connectivity index (χ0) is 17.1. The van der Waals surface area contributed by atoms with Gasteiger partial charge in [-0.05, 0) is 78.3 Å². The molecule has 24 heavy (non-hydrogen) atoms. The highest BCUT2D eigenvalue weighted by molar-refractivity contribution is 14.1. The van der Waals surface area contributed by atoms with Gasteiger partial charge in [-0.3, -0.25) is 9.59 Å². The zero-order valence-electron chi connectivity index (χ0n) is 13.5. The first-order chi connectivity index (χ1) is 11.6. The van der Waals surface area contributed by atoms with Gasteiger partial charge in [0, 0.05) is 33.5 Å². The lowest BCUT2D eigenvalue weighted by atomic mass is 10.0. The summed E-state index contributed by atoms with van der Waals surface area (Å²) in [7, 11) is 0. The van der Waals surface area contributed by atoms with Crippen LogP contribution >= 0.6 is 22.6 Å². The first-order valence-electron chi connectivity index (χ1n) is 8.02. The Kier molecular flexibility index (Phi) is 5.18. The van der Waals surface area contributed by atoms with Crippen LogP contribution in [0.25, 0.3) is 0 Å². The van der Waals surface area contributed by atoms with Crippen LogP contribution in [-0.4, -0.2) is 29.8 Å². The third-order valence-corrected chi connectivity index (χ3v) is 4.96. The van der Waals surface area contributed by atoms with E-state index in [-0.39, 0.29) is 11.8 Å². The molecule has 1 aliphatic heterocycles. The minimum absolute atomic E-state index is 0.0513. The lowest BCUT2D eigenvalue weighted by Gasteiger charge is -2.18. The maximum atomic E-state index is 12.6. The fraction of sp³-hybridized carbons (Fsp3) is 0.263. The summed E-state index contributed by atoms with van der Waals surface area (Å²) >= 11 is 2.18. The Labute approximate surface area is 155 Å². The molecule has 0 bridgehead atoms. The highest BCUT2D eigenvalue weighted by Crippen LogP contribution is 2.23. The maximum absolute atomic E-state index is 12.6. The van der Waals surface area contributed by atoms with Crippen molar-refractivity contribution in [3.05, 3.63) is 62.7 Å². The highest BCUT2D eigenvalue weighted by Gasteiger charge is 2.22. The predicted molar refractivity (Wildman–Crippen MR) is 103 cm³/mol. The summed E-state index contributed by atoms with van der Waals surface area (Å²) in [5.41, 5.74) is 2.77. The summed E-state index contributed by atoms with van der Waals surface area (Å²) in [6, 6.07) is 12.9. The molecule has 5 heteroatoms. The van der Waals surface area contributed by atoms with Gasteiger partial charge in [-0.2, -0.15) is 0 Å². The molecular weight excluding hydrogens is 415 g/mol. The van der Waals surface area contributed by atoms with E-state index < -0.39 is 0 Å². The number of anilines is 1. The monoisotopic (exact) mass is 434 g/mol. The molecule has 0 atom stereocenters. The van der Waals surface area contributed by atoms with Crippen molar-refractivity contribution in [2.24, 2.45) is 0 Å². The number of amides is 2. The molecule has 2 aromatic carbocycles. The number of nitrogens with one attached hydrogen (secondary N) is 1. The molecule has 1 N–H and O–H groups in total. The maximum Gasteiger partial charge on any atom is 0.255 e. The van der Waals surface area contributed by atoms with E-state index in [1.165, 1.54) is 0 Å². The van der Waals surface area contributed by atoms with Gasteiger partial charge in [0.1, 0.15) is 0 Å². The average Bonchev–Trinajstić information content (AvgIpc) is 3.10. The Balaban J connectivity index is 1.82. The minimum atomic E-state index is -0.164. The molecule has 1 heterocycles. The van der Waals surface area contributed by atoms with Gasteiger partial charge in [0.05, 0.1) is 0 Å². The van der Waals surface area contributed by atoms with Crippen LogP contribution < -0.4 is 5.32 Å². The fourth-order valence-corrected chi connectivity index (χ4v) is 3.46. The van der Waals surface area contributed by atoms with E-state index >= 15 is 0 Å². The molecule has 2 aromatic rings. The Morgan fingerprint density at radius 2 is 1.79 bits per heavy atom. The van der Waals surface area contributed by atoms with Crippen molar-refractivity contribution in [2.75, 3.05) is 18.4 Å². The molecule has 3 rings (SSSR count). The number of nitrogens with zero attached hydrogens (tertiary/aromatic N) is 1. The fourth-order valence-electron chi connectivity index (χ4n) is 2.92. The van der Waals surface area contributed by atoms with Crippen LogP contribution in [0.15, 0.2) is 42.5 Å². The number of benzene rings is 2. The number of likely N-dealkylation sites (tertiary alicyclic amines) is 1. The van der Waals surface area contributed by atoms with Gasteiger partial charge in [-0.1, -0.05) is 12.1 Å². The quantitative estimate of drug-likeness (QED) is 0.741. The molecule has 1 saturated heterocycles. The van der Waals surface area contributed by atoms with Crippen LogP contribution in [-0.2, 0) is 0 Å². The van der Waals surface area contributed by atoms with Crippen molar-refractivity contribution in [1.82, 2.24) is 4.90 Å². The van der Waals surface area contributed by atoms with Crippen LogP contribution in [0.1, 0.15) is 39.1 Å². The topological polar surface area (TPSA) is 49.4 Å². The highest BCUT2D eigenvalue weighted by atomic mass is 127. The van der Waals surface area contributed by atoms with Crippen molar-refractivity contribution in [3.63, 3.8) is 0 Å². The molecule has 0 radical (unpaired) electrons. The number of hydrogen-bond donors (Lipinski definition) is 1. The number of carbonyl (C=O) groups is 2. The molecule has 0 unspecified atom stereocenters. The summed E-state index contributed by atoms with van der Waals surface area (Å²) in [5, 5.41) is 2.93. The van der Waals surface area contributed by atoms with Gasteiger partial charge in [0.15, 0.2) is 0 Å². The largest absolute Gasteiger partial charge is 0.339 e. The van der Waals surface area contributed by atoms with Crippen LogP contribution in [0, 0.1) is 10.5 Å². The standard InChI is InChI=1S/C19H19IN2O2/c1-13-16(19(24)22-10-2-3-11-22)8-5-9-17(13)21-18(23)14-6-4-7-15(20)12-14/h4-9,12H,2-3,10-11H2,1H3,(H,21,23). The molecule has 0 aromatic heterocycles. The number of carbonyl (C=O) groups excluding carboxylic acids is 2. The second-order valence-corrected chi connectivity index (χ2v) is 7.19. The second kappa shape index (κ2) is 7.34. The van der Waals surface area contributed by atoms with Crippen LogP contribution in [0.5, 0.6) is 0 Å². The number of hydrogen-bond acceptors (Lipinski definition) is 2. The van der Waals surface area contributed by atoms with Crippen molar-refractivity contribution < 1.29 is 9.59 Å². The van der Waals surface area contributed by atoms with Gasteiger partial charge >= 0.3 is 0 Å². The average molecular weight is 434 g/mol. The molecule has 4 nitrogen and oxygen atoms in total. The smallest absolute Gasteiger partial charge is 0.255 e. The van der Waals surface area contributed by atoms with E-state index in [0.29, 0.717) is 16.8 Å². The Hall–Kier alpha value is -1.89. The summed E-state index contributed by atoms with van der Waals surface area (Å²) in [6.07, 6.45) is 2.13. The van der Waals surface area contributed by atoms with E-state index in [0.717, 1.165) is 35.1 Å². The predicted octanol–water partition coefficient (Wildman–Crippen LogP) is 4.09. The first kappa shape index (κ1) is 17.0. The lowest BCUT2D eigenvalue weighted by Crippen LogP contribution is -2.28. The lowest BCUT2D eigenvalue weighted by molar-refractivity contribution is 0.0791. The Morgan fingerprint density at radius 3 is 2.50 bits per heavy atom. The Bertz CT molecular complexity index is 783. The minimum Gasteiger partial charge on any atom is -0.339 e.